The highest BCUT2D eigenvalue weighted by Gasteiger charge is 2.57. The van der Waals surface area contributed by atoms with Gasteiger partial charge in [-0.15, -0.1) is 0 Å². The Morgan fingerprint density at radius 1 is 0.443 bits per heavy atom. The van der Waals surface area contributed by atoms with E-state index >= 15 is 0 Å². The van der Waals surface area contributed by atoms with Crippen LogP contribution in [0.2, 0.25) is 0 Å². The number of rotatable bonds is 31. The van der Waals surface area contributed by atoms with Crippen molar-refractivity contribution in [1.29, 1.82) is 0 Å². The summed E-state index contributed by atoms with van der Waals surface area (Å²) in [7, 11) is 0. The molecule has 3 aliphatic rings. The van der Waals surface area contributed by atoms with E-state index in [9.17, 15) is 24.3 Å². The molecule has 0 amide bonds. The van der Waals surface area contributed by atoms with Crippen LogP contribution in [0.15, 0.2) is 216 Å². The van der Waals surface area contributed by atoms with Gasteiger partial charge >= 0.3 is 17.9 Å². The van der Waals surface area contributed by atoms with Crippen molar-refractivity contribution in [2.45, 2.75) is 170 Å². The van der Waals surface area contributed by atoms with Crippen molar-refractivity contribution in [2.75, 3.05) is 19.8 Å². The van der Waals surface area contributed by atoms with E-state index in [-0.39, 0.29) is 52.9 Å². The summed E-state index contributed by atoms with van der Waals surface area (Å²) in [5, 5.41) is 4.19. The van der Waals surface area contributed by atoms with E-state index < -0.39 is 127 Å². The quantitative estimate of drug-likeness (QED) is 0.0129. The number of hydrogen-bond donors (Lipinski definition) is 0. The Bertz CT molecular complexity index is 3570. The van der Waals surface area contributed by atoms with Crippen molar-refractivity contribution >= 4 is 29.7 Å². The van der Waals surface area contributed by atoms with Gasteiger partial charge in [0.15, 0.2) is 24.8 Å². The summed E-state index contributed by atoms with van der Waals surface area (Å²) in [6.07, 6.45) is -16.7. The Morgan fingerprint density at radius 2 is 0.814 bits per heavy atom. The van der Waals surface area contributed by atoms with E-state index in [0.29, 0.717) is 4.90 Å². The highest BCUT2D eigenvalue weighted by Crippen LogP contribution is 2.41. The van der Waals surface area contributed by atoms with Crippen LogP contribution in [0.25, 0.3) is 10.4 Å². The van der Waals surface area contributed by atoms with Gasteiger partial charge in [0.05, 0.1) is 64.9 Å². The van der Waals surface area contributed by atoms with Gasteiger partial charge < -0.3 is 66.3 Å². The molecule has 3 aliphatic heterocycles. The van der Waals surface area contributed by atoms with Crippen LogP contribution in [0.1, 0.15) is 68.0 Å². The van der Waals surface area contributed by atoms with Crippen molar-refractivity contribution in [3.63, 3.8) is 0 Å². The molecule has 22 heteroatoms. The lowest BCUT2D eigenvalue weighted by molar-refractivity contribution is -0.359. The van der Waals surface area contributed by atoms with Crippen molar-refractivity contribution in [3.05, 3.63) is 256 Å². The molecule has 15 atom stereocenters. The summed E-state index contributed by atoms with van der Waals surface area (Å²) in [6.45, 7) is 7.35. The third kappa shape index (κ3) is 21.1. The fourth-order valence-corrected chi connectivity index (χ4v) is 12.5. The molecule has 97 heavy (non-hydrogen) atoms. The van der Waals surface area contributed by atoms with Gasteiger partial charge in [0, 0.05) is 23.7 Å². The minimum absolute atomic E-state index is 0.0124. The Hall–Kier alpha value is -7.90. The standard InChI is InChI=1S/C75H82FN3O17S/c1-49(80)90-66-62(78-79-77)73(97-58-38-36-57(76)37-39-58)94-60(47-84-41-52-26-14-7-15-27-52)65(66)95-72-70(96-74(82)75(3,4)5)68(88-45-56-34-22-11-23-35-56)64(86-43-54-30-18-9-19-31-54)61(93-72)48-89-71-69(91-50(2)81)67(87-44-55-32-20-10-21-33-55)63(85-42-53-28-16-8-17-29-53)59(92-71)46-83-40-51-24-12-6-13-25-51/h6-39,59-73H,40-48H2,1-5H3/t59-,60-,61-,62-,63-,64-,65-,66-,67+,68+,69+,70+,71+,72-,73+/m1/s1. The fraction of sp³-hybridized carbons (Fsp3) is 0.400. The maximum Gasteiger partial charge on any atom is 0.311 e. The summed E-state index contributed by atoms with van der Waals surface area (Å²) in [6, 6.07) is 61.3. The lowest BCUT2D eigenvalue weighted by atomic mass is 9.94. The predicted molar refractivity (Wildman–Crippen MR) is 355 cm³/mol. The van der Waals surface area contributed by atoms with Gasteiger partial charge in [-0.25, -0.2) is 4.39 Å². The number of carbonyl (C=O) groups excluding carboxylic acids is 3. The number of halogens is 1. The van der Waals surface area contributed by atoms with E-state index in [4.69, 9.17) is 66.3 Å². The number of benzene rings is 7. The molecule has 0 bridgehead atoms. The first kappa shape index (κ1) is 71.9. The topological polar surface area (TPSA) is 229 Å². The van der Waals surface area contributed by atoms with Gasteiger partial charge in [0.25, 0.3) is 0 Å². The SMILES string of the molecule is CC(=O)O[C@@H]1[C@@H](OC[C@H]2O[C@H](O[C@H]3[C@H](OC(C)=O)[C@@H](N=[N+]=[N-])[C@H](Sc4ccc(F)cc4)O[C@@H]3COCc3ccccc3)[C@@H](OC(=O)C(C)(C)C)[C@@H](OCc3ccccc3)[C@@H]2OCc2ccccc2)O[C@H](COCc2ccccc2)[C@@H](OCc2ccccc2)[C@@H]1OCc1ccccc1. The Labute approximate surface area is 568 Å². The van der Waals surface area contributed by atoms with Crippen LogP contribution in [0.5, 0.6) is 0 Å². The van der Waals surface area contributed by atoms with Crippen LogP contribution in [-0.2, 0) is 120 Å². The van der Waals surface area contributed by atoms with E-state index in [1.54, 1.807) is 32.9 Å². The average Bonchev–Trinajstić information content (AvgIpc) is 0.773. The summed E-state index contributed by atoms with van der Waals surface area (Å²) in [5.41, 5.74) is 13.1. The Balaban J connectivity index is 1.07. The van der Waals surface area contributed by atoms with E-state index in [1.807, 2.05) is 182 Å². The second-order valence-corrected chi connectivity index (χ2v) is 25.8. The first-order chi connectivity index (χ1) is 47.1. The van der Waals surface area contributed by atoms with Crippen LogP contribution in [0.3, 0.4) is 0 Å². The van der Waals surface area contributed by atoms with Crippen molar-refractivity contribution in [3.8, 4) is 0 Å². The van der Waals surface area contributed by atoms with Gasteiger partial charge in [-0.3, -0.25) is 14.4 Å². The molecule has 3 fully saturated rings. The molecule has 512 valence electrons. The zero-order valence-corrected chi connectivity index (χ0v) is 55.5. The van der Waals surface area contributed by atoms with Crippen molar-refractivity contribution in [1.82, 2.24) is 0 Å². The van der Waals surface area contributed by atoms with Crippen LogP contribution in [0, 0.1) is 11.2 Å². The molecule has 0 aromatic heterocycles. The molecule has 7 aromatic carbocycles. The average molecular weight is 1350 g/mol. The maximum absolute atomic E-state index is 14.7. The molecule has 0 unspecified atom stereocenters. The summed E-state index contributed by atoms with van der Waals surface area (Å²) in [5.74, 6) is -2.59. The van der Waals surface area contributed by atoms with Gasteiger partial charge in [0.1, 0.15) is 72.2 Å². The molecule has 7 aromatic rings. The van der Waals surface area contributed by atoms with Gasteiger partial charge in [-0.2, -0.15) is 0 Å². The monoisotopic (exact) mass is 1350 g/mol. The number of nitrogens with zero attached hydrogens (tertiary/aromatic N) is 3. The van der Waals surface area contributed by atoms with Gasteiger partial charge in [-0.1, -0.05) is 199 Å². The predicted octanol–water partition coefficient (Wildman–Crippen LogP) is 12.8. The molecule has 0 saturated carbocycles. The molecule has 3 heterocycles. The number of esters is 3. The minimum atomic E-state index is -1.69. The number of hydrogen-bond acceptors (Lipinski definition) is 19. The number of thioether (sulfide) groups is 1. The zero-order chi connectivity index (χ0) is 67.9. The van der Waals surface area contributed by atoms with Crippen LogP contribution < -0.4 is 0 Å². The molecule has 0 aliphatic carbocycles. The highest BCUT2D eigenvalue weighted by atomic mass is 32.2. The van der Waals surface area contributed by atoms with Crippen molar-refractivity contribution < 1.29 is 85.1 Å². The minimum Gasteiger partial charge on any atom is -0.459 e. The number of ether oxygens (including phenoxy) is 14. The number of azide groups is 1. The second-order valence-electron chi connectivity index (χ2n) is 24.6. The molecule has 20 nitrogen and oxygen atoms in total. The van der Waals surface area contributed by atoms with E-state index in [2.05, 4.69) is 10.0 Å². The van der Waals surface area contributed by atoms with Gasteiger partial charge in [-0.05, 0) is 83.9 Å². The first-order valence-electron chi connectivity index (χ1n) is 32.3. The fourth-order valence-electron chi connectivity index (χ4n) is 11.4. The summed E-state index contributed by atoms with van der Waals surface area (Å²) >= 11 is 1.11. The lowest BCUT2D eigenvalue weighted by Crippen LogP contribution is -2.66. The maximum atomic E-state index is 14.7. The van der Waals surface area contributed by atoms with E-state index in [0.717, 1.165) is 45.1 Å². The highest BCUT2D eigenvalue weighted by molar-refractivity contribution is 7.99. The first-order valence-corrected chi connectivity index (χ1v) is 33.1. The molecule has 0 spiro atoms. The number of carbonyl (C=O) groups is 3. The molecule has 0 N–H and O–H groups in total. The van der Waals surface area contributed by atoms with Crippen molar-refractivity contribution in [2.24, 2.45) is 10.5 Å². The lowest BCUT2D eigenvalue weighted by Gasteiger charge is -2.50. The Morgan fingerprint density at radius 3 is 1.23 bits per heavy atom. The van der Waals surface area contributed by atoms with Crippen LogP contribution in [-0.4, -0.2) is 129 Å². The summed E-state index contributed by atoms with van der Waals surface area (Å²) in [4.78, 5) is 45.6. The normalized spacial score (nSPS) is 25.6. The third-order valence-corrected chi connectivity index (χ3v) is 17.3. The largest absolute Gasteiger partial charge is 0.459 e. The third-order valence-electron chi connectivity index (χ3n) is 16.2. The molecular weight excluding hydrogens is 1270 g/mol. The summed E-state index contributed by atoms with van der Waals surface area (Å²) < 4.78 is 110. The molecule has 3 saturated heterocycles. The second kappa shape index (κ2) is 36.1. The zero-order valence-electron chi connectivity index (χ0n) is 54.7. The van der Waals surface area contributed by atoms with Gasteiger partial charge in [0.2, 0.25) is 0 Å². The Kier molecular flexibility index (Phi) is 26.7. The molecule has 0 radical (unpaired) electrons. The van der Waals surface area contributed by atoms with Crippen LogP contribution >= 0.6 is 11.8 Å². The van der Waals surface area contributed by atoms with Crippen LogP contribution in [0.4, 0.5) is 4.39 Å². The van der Waals surface area contributed by atoms with E-state index in [1.165, 1.54) is 26.0 Å². The molecule has 10 rings (SSSR count). The smallest absolute Gasteiger partial charge is 0.311 e. The molecular formula is C75H82FN3O17S.